The Morgan fingerprint density at radius 3 is 3.12 bits per heavy atom. The average Bonchev–Trinajstić information content (AvgIpc) is 3.12. The first kappa shape index (κ1) is 10.9. The maximum absolute atomic E-state index is 11.5. The van der Waals surface area contributed by atoms with Gasteiger partial charge in [-0.2, -0.15) is 0 Å². The molecule has 1 unspecified atom stereocenters. The molecule has 1 aromatic rings. The van der Waals surface area contributed by atoms with Crippen molar-refractivity contribution in [2.45, 2.75) is 45.2 Å². The molecule has 1 heterocycles. The molecule has 0 saturated heterocycles. The lowest BCUT2D eigenvalue weighted by molar-refractivity contribution is 0.439. The van der Waals surface area contributed by atoms with Crippen molar-refractivity contribution >= 4 is 5.69 Å². The zero-order valence-corrected chi connectivity index (χ0v) is 10.4. The summed E-state index contributed by atoms with van der Waals surface area (Å²) in [5, 5.41) is 3.61. The van der Waals surface area contributed by atoms with E-state index in [1.54, 1.807) is 10.6 Å². The highest BCUT2D eigenvalue weighted by Gasteiger charge is 2.45. The van der Waals surface area contributed by atoms with Crippen molar-refractivity contribution in [2.24, 2.45) is 11.8 Å². The normalized spacial score (nSPS) is 30.8. The van der Waals surface area contributed by atoms with Crippen LogP contribution in [0, 0.1) is 11.8 Å². The minimum Gasteiger partial charge on any atom is -0.381 e. The Labute approximate surface area is 102 Å². The van der Waals surface area contributed by atoms with Crippen LogP contribution in [0.5, 0.6) is 0 Å². The van der Waals surface area contributed by atoms with Gasteiger partial charge in [-0.1, -0.05) is 12.8 Å². The van der Waals surface area contributed by atoms with Crippen molar-refractivity contribution < 1.29 is 0 Å². The summed E-state index contributed by atoms with van der Waals surface area (Å²) in [6.45, 7) is 2.74. The second-order valence-corrected chi connectivity index (χ2v) is 5.38. The minimum atomic E-state index is 0.0889. The summed E-state index contributed by atoms with van der Waals surface area (Å²) in [5.41, 5.74) is 1.19. The Morgan fingerprint density at radius 2 is 2.29 bits per heavy atom. The third-order valence-electron chi connectivity index (χ3n) is 4.26. The number of fused-ring (bicyclic) bond motifs is 1. The van der Waals surface area contributed by atoms with Crippen LogP contribution in [0.2, 0.25) is 0 Å². The van der Waals surface area contributed by atoms with Gasteiger partial charge in [-0.05, 0) is 37.7 Å². The number of nitrogens with zero attached hydrogens (tertiary/aromatic N) is 1. The molecule has 2 fully saturated rings. The van der Waals surface area contributed by atoms with Crippen LogP contribution in [0.1, 0.15) is 32.6 Å². The van der Waals surface area contributed by atoms with E-state index in [1.165, 1.54) is 25.7 Å². The number of aromatic nitrogens is 1. The van der Waals surface area contributed by atoms with Crippen molar-refractivity contribution in [2.75, 3.05) is 5.32 Å². The SMILES string of the molecule is CCn1cc(NC2CCC[C@H]3C[C@@H]23)ccc1=O. The van der Waals surface area contributed by atoms with Crippen molar-refractivity contribution in [3.05, 3.63) is 28.7 Å². The topological polar surface area (TPSA) is 34.0 Å². The number of pyridine rings is 1. The summed E-state index contributed by atoms with van der Waals surface area (Å²) >= 11 is 0. The minimum absolute atomic E-state index is 0.0889. The van der Waals surface area contributed by atoms with Gasteiger partial charge in [-0.15, -0.1) is 0 Å². The quantitative estimate of drug-likeness (QED) is 0.868. The lowest BCUT2D eigenvalue weighted by atomic mass is 9.95. The molecule has 1 N–H and O–H groups in total. The van der Waals surface area contributed by atoms with E-state index in [0.29, 0.717) is 6.04 Å². The van der Waals surface area contributed by atoms with Gasteiger partial charge in [0.1, 0.15) is 0 Å². The summed E-state index contributed by atoms with van der Waals surface area (Å²) in [7, 11) is 0. The molecule has 0 aromatic carbocycles. The Hall–Kier alpha value is -1.25. The molecule has 2 saturated carbocycles. The third kappa shape index (κ3) is 2.11. The maximum Gasteiger partial charge on any atom is 0.250 e. The molecule has 0 aliphatic heterocycles. The van der Waals surface area contributed by atoms with Crippen molar-refractivity contribution in [3.63, 3.8) is 0 Å². The van der Waals surface area contributed by atoms with E-state index < -0.39 is 0 Å². The molecule has 0 radical (unpaired) electrons. The Balaban J connectivity index is 1.74. The smallest absolute Gasteiger partial charge is 0.250 e. The molecule has 0 amide bonds. The average molecular weight is 232 g/mol. The molecular weight excluding hydrogens is 212 g/mol. The van der Waals surface area contributed by atoms with Crippen LogP contribution in [0.3, 0.4) is 0 Å². The Kier molecular flexibility index (Phi) is 2.69. The molecule has 3 nitrogen and oxygen atoms in total. The molecule has 2 aliphatic carbocycles. The van der Waals surface area contributed by atoms with Crippen LogP contribution in [0.25, 0.3) is 0 Å². The van der Waals surface area contributed by atoms with E-state index in [2.05, 4.69) is 5.32 Å². The Morgan fingerprint density at radius 1 is 1.41 bits per heavy atom. The molecule has 1 aromatic heterocycles. The van der Waals surface area contributed by atoms with E-state index in [-0.39, 0.29) is 5.56 Å². The molecule has 3 heteroatoms. The lowest BCUT2D eigenvalue weighted by Gasteiger charge is -2.24. The first-order chi connectivity index (χ1) is 8.28. The molecule has 17 heavy (non-hydrogen) atoms. The fraction of sp³-hybridized carbons (Fsp3) is 0.643. The number of hydrogen-bond acceptors (Lipinski definition) is 2. The second-order valence-electron chi connectivity index (χ2n) is 5.38. The second kappa shape index (κ2) is 4.21. The Bertz CT molecular complexity index is 466. The first-order valence-corrected chi connectivity index (χ1v) is 6.75. The van der Waals surface area contributed by atoms with Crippen molar-refractivity contribution in [1.29, 1.82) is 0 Å². The monoisotopic (exact) mass is 232 g/mol. The summed E-state index contributed by atoms with van der Waals surface area (Å²) in [4.78, 5) is 11.5. The molecule has 3 atom stereocenters. The standard InChI is InChI=1S/C14H20N2O/c1-2-16-9-11(6-7-14(16)17)15-13-5-3-4-10-8-12(10)13/h6-7,9-10,12-13,15H,2-5,8H2,1H3/t10-,12+,13?/m0/s1. The van der Waals surface area contributed by atoms with Gasteiger partial charge in [-0.25, -0.2) is 0 Å². The highest BCUT2D eigenvalue weighted by atomic mass is 16.1. The zero-order chi connectivity index (χ0) is 11.8. The van der Waals surface area contributed by atoms with E-state index in [4.69, 9.17) is 0 Å². The molecular formula is C14H20N2O. The molecule has 3 rings (SSSR count). The van der Waals surface area contributed by atoms with Gasteiger partial charge in [-0.3, -0.25) is 4.79 Å². The number of anilines is 1. The highest BCUT2D eigenvalue weighted by Crippen LogP contribution is 2.50. The molecule has 0 spiro atoms. The largest absolute Gasteiger partial charge is 0.381 e. The van der Waals surface area contributed by atoms with E-state index >= 15 is 0 Å². The predicted molar refractivity (Wildman–Crippen MR) is 69.2 cm³/mol. The lowest BCUT2D eigenvalue weighted by Crippen LogP contribution is -2.27. The highest BCUT2D eigenvalue weighted by molar-refractivity contribution is 5.42. The number of hydrogen-bond donors (Lipinski definition) is 1. The van der Waals surface area contributed by atoms with Crippen LogP contribution in [-0.4, -0.2) is 10.6 Å². The van der Waals surface area contributed by atoms with E-state index in [0.717, 1.165) is 24.1 Å². The maximum atomic E-state index is 11.5. The first-order valence-electron chi connectivity index (χ1n) is 6.75. The number of aryl methyl sites for hydroxylation is 1. The predicted octanol–water partition coefficient (Wildman–Crippen LogP) is 2.47. The van der Waals surface area contributed by atoms with E-state index in [1.807, 2.05) is 19.2 Å². The van der Waals surface area contributed by atoms with E-state index in [9.17, 15) is 4.79 Å². The summed E-state index contributed by atoms with van der Waals surface area (Å²) < 4.78 is 1.76. The van der Waals surface area contributed by atoms with Crippen molar-refractivity contribution in [3.8, 4) is 0 Å². The van der Waals surface area contributed by atoms with Gasteiger partial charge >= 0.3 is 0 Å². The van der Waals surface area contributed by atoms with Crippen LogP contribution < -0.4 is 10.9 Å². The van der Waals surface area contributed by atoms with Crippen LogP contribution in [-0.2, 0) is 6.54 Å². The number of rotatable bonds is 3. The fourth-order valence-electron chi connectivity index (χ4n) is 3.17. The van der Waals surface area contributed by atoms with Gasteiger partial charge in [0.25, 0.3) is 5.56 Å². The van der Waals surface area contributed by atoms with Crippen LogP contribution >= 0.6 is 0 Å². The van der Waals surface area contributed by atoms with Gasteiger partial charge in [0.2, 0.25) is 0 Å². The summed E-state index contributed by atoms with van der Waals surface area (Å²) in [6.07, 6.45) is 7.43. The molecule has 0 bridgehead atoms. The summed E-state index contributed by atoms with van der Waals surface area (Å²) in [6, 6.07) is 4.22. The van der Waals surface area contributed by atoms with Crippen LogP contribution in [0.15, 0.2) is 23.1 Å². The molecule has 92 valence electrons. The van der Waals surface area contributed by atoms with Gasteiger partial charge in [0, 0.05) is 24.8 Å². The van der Waals surface area contributed by atoms with Crippen LogP contribution in [0.4, 0.5) is 5.69 Å². The van der Waals surface area contributed by atoms with Gasteiger partial charge in [0.15, 0.2) is 0 Å². The zero-order valence-electron chi connectivity index (χ0n) is 10.4. The van der Waals surface area contributed by atoms with Gasteiger partial charge < -0.3 is 9.88 Å². The number of nitrogens with one attached hydrogen (secondary N) is 1. The fourth-order valence-corrected chi connectivity index (χ4v) is 3.17. The summed E-state index contributed by atoms with van der Waals surface area (Å²) in [5.74, 6) is 1.88. The van der Waals surface area contributed by atoms with Gasteiger partial charge in [0.05, 0.1) is 5.69 Å². The van der Waals surface area contributed by atoms with Crippen molar-refractivity contribution in [1.82, 2.24) is 4.57 Å². The third-order valence-corrected chi connectivity index (χ3v) is 4.26. The molecule has 2 aliphatic rings.